The van der Waals surface area contributed by atoms with E-state index in [2.05, 4.69) is 0 Å². The summed E-state index contributed by atoms with van der Waals surface area (Å²) in [7, 11) is 0. The summed E-state index contributed by atoms with van der Waals surface area (Å²) in [6, 6.07) is 6.61. The van der Waals surface area contributed by atoms with E-state index >= 15 is 0 Å². The van der Waals surface area contributed by atoms with E-state index in [0.717, 1.165) is 12.8 Å². The number of ether oxygens (including phenoxy) is 1. The maximum absolute atomic E-state index is 9.37. The molecule has 1 fully saturated rings. The van der Waals surface area contributed by atoms with Gasteiger partial charge in [0, 0.05) is 6.07 Å². The lowest BCUT2D eigenvalue weighted by Gasteiger charge is -2.05. The Bertz CT molecular complexity index is 364. The van der Waals surface area contributed by atoms with E-state index in [1.165, 1.54) is 6.07 Å². The highest BCUT2D eigenvalue weighted by atomic mass is 16.5. The van der Waals surface area contributed by atoms with Gasteiger partial charge in [-0.25, -0.2) is 0 Å². The second-order valence-electron chi connectivity index (χ2n) is 3.11. The minimum Gasteiger partial charge on any atom is -0.504 e. The van der Waals surface area contributed by atoms with Gasteiger partial charge < -0.3 is 9.84 Å². The maximum Gasteiger partial charge on any atom is 0.162 e. The van der Waals surface area contributed by atoms with Crippen molar-refractivity contribution in [2.75, 3.05) is 0 Å². The molecule has 0 atom stereocenters. The molecule has 1 aliphatic rings. The summed E-state index contributed by atoms with van der Waals surface area (Å²) >= 11 is 0. The lowest BCUT2D eigenvalue weighted by molar-refractivity contribution is 0.286. The Labute approximate surface area is 76.2 Å². The van der Waals surface area contributed by atoms with E-state index in [-0.39, 0.29) is 11.9 Å². The molecule has 1 aliphatic carbocycles. The maximum atomic E-state index is 9.37. The Morgan fingerprint density at radius 2 is 2.23 bits per heavy atom. The van der Waals surface area contributed by atoms with Crippen molar-refractivity contribution in [2.24, 2.45) is 0 Å². The van der Waals surface area contributed by atoms with Crippen molar-refractivity contribution < 1.29 is 9.84 Å². The standard InChI is InChI=1S/C10H9NO2/c11-6-7-1-4-9(12)10(5-7)13-8-2-3-8/h1,4-5,8,12H,2-3H2. The molecule has 1 aromatic rings. The zero-order valence-corrected chi connectivity index (χ0v) is 7.03. The molecule has 0 spiro atoms. The van der Waals surface area contributed by atoms with Crippen molar-refractivity contribution in [1.82, 2.24) is 0 Å². The fraction of sp³-hybridized carbons (Fsp3) is 0.300. The SMILES string of the molecule is N#Cc1ccc(O)c(OC2CC2)c1. The molecule has 13 heavy (non-hydrogen) atoms. The highest BCUT2D eigenvalue weighted by Crippen LogP contribution is 2.33. The number of benzene rings is 1. The Balaban J connectivity index is 2.25. The summed E-state index contributed by atoms with van der Waals surface area (Å²) in [4.78, 5) is 0. The highest BCUT2D eigenvalue weighted by Gasteiger charge is 2.24. The topological polar surface area (TPSA) is 53.2 Å². The van der Waals surface area contributed by atoms with Gasteiger partial charge in [0.1, 0.15) is 0 Å². The predicted molar refractivity (Wildman–Crippen MR) is 46.5 cm³/mol. The summed E-state index contributed by atoms with van der Waals surface area (Å²) in [5, 5.41) is 18.0. The molecule has 1 saturated carbocycles. The van der Waals surface area contributed by atoms with E-state index in [1.54, 1.807) is 12.1 Å². The number of hydrogen-bond donors (Lipinski definition) is 1. The summed E-state index contributed by atoms with van der Waals surface area (Å²) < 4.78 is 5.40. The first-order chi connectivity index (χ1) is 6.29. The third-order valence-corrected chi connectivity index (χ3v) is 1.91. The summed E-state index contributed by atoms with van der Waals surface area (Å²) in [6.45, 7) is 0. The number of aromatic hydroxyl groups is 1. The smallest absolute Gasteiger partial charge is 0.162 e. The van der Waals surface area contributed by atoms with Crippen LogP contribution in [0.3, 0.4) is 0 Å². The fourth-order valence-corrected chi connectivity index (χ4v) is 1.04. The molecule has 3 nitrogen and oxygen atoms in total. The van der Waals surface area contributed by atoms with Gasteiger partial charge in [0.25, 0.3) is 0 Å². The second-order valence-corrected chi connectivity index (χ2v) is 3.11. The number of nitriles is 1. The van der Waals surface area contributed by atoms with Crippen LogP contribution in [0.15, 0.2) is 18.2 Å². The second kappa shape index (κ2) is 2.98. The third-order valence-electron chi connectivity index (χ3n) is 1.91. The summed E-state index contributed by atoms with van der Waals surface area (Å²) in [6.07, 6.45) is 2.31. The number of nitrogens with zero attached hydrogens (tertiary/aromatic N) is 1. The third kappa shape index (κ3) is 1.73. The average Bonchev–Trinajstić information content (AvgIpc) is 2.93. The molecule has 0 bridgehead atoms. The van der Waals surface area contributed by atoms with Crippen molar-refractivity contribution >= 4 is 0 Å². The molecule has 2 rings (SSSR count). The zero-order chi connectivity index (χ0) is 9.26. The minimum atomic E-state index is 0.103. The molecule has 0 aromatic heterocycles. The van der Waals surface area contributed by atoms with Crippen molar-refractivity contribution in [3.8, 4) is 17.6 Å². The fourth-order valence-electron chi connectivity index (χ4n) is 1.04. The normalized spacial score (nSPS) is 15.0. The van der Waals surface area contributed by atoms with Crippen LogP contribution in [0.25, 0.3) is 0 Å². The molecule has 0 amide bonds. The average molecular weight is 175 g/mol. The van der Waals surface area contributed by atoms with Crippen molar-refractivity contribution in [3.05, 3.63) is 23.8 Å². The first kappa shape index (κ1) is 7.93. The minimum absolute atomic E-state index is 0.103. The molecule has 0 aliphatic heterocycles. The summed E-state index contributed by atoms with van der Waals surface area (Å²) in [5.41, 5.74) is 0.508. The molecule has 0 heterocycles. The van der Waals surface area contributed by atoms with E-state index in [9.17, 15) is 5.11 Å². The van der Waals surface area contributed by atoms with Gasteiger partial charge in [0.15, 0.2) is 11.5 Å². The number of phenols is 1. The Kier molecular flexibility index (Phi) is 1.82. The first-order valence-corrected chi connectivity index (χ1v) is 4.19. The van der Waals surface area contributed by atoms with Crippen LogP contribution in [-0.4, -0.2) is 11.2 Å². The Morgan fingerprint density at radius 1 is 1.46 bits per heavy atom. The van der Waals surface area contributed by atoms with E-state index in [4.69, 9.17) is 10.00 Å². The van der Waals surface area contributed by atoms with Gasteiger partial charge in [-0.1, -0.05) is 0 Å². The van der Waals surface area contributed by atoms with Gasteiger partial charge >= 0.3 is 0 Å². The van der Waals surface area contributed by atoms with Gasteiger partial charge in [-0.2, -0.15) is 5.26 Å². The summed E-state index contributed by atoms with van der Waals surface area (Å²) in [5.74, 6) is 0.521. The molecule has 1 aromatic carbocycles. The largest absolute Gasteiger partial charge is 0.504 e. The predicted octanol–water partition coefficient (Wildman–Crippen LogP) is 1.81. The molecular weight excluding hydrogens is 166 g/mol. The molecule has 0 saturated heterocycles. The molecule has 0 radical (unpaired) electrons. The van der Waals surface area contributed by atoms with Gasteiger partial charge in [0.05, 0.1) is 17.7 Å². The van der Waals surface area contributed by atoms with Gasteiger partial charge in [0.2, 0.25) is 0 Å². The van der Waals surface area contributed by atoms with Crippen LogP contribution >= 0.6 is 0 Å². The van der Waals surface area contributed by atoms with Crippen molar-refractivity contribution in [2.45, 2.75) is 18.9 Å². The van der Waals surface area contributed by atoms with Crippen LogP contribution in [0.5, 0.6) is 11.5 Å². The monoisotopic (exact) mass is 175 g/mol. The zero-order valence-electron chi connectivity index (χ0n) is 7.03. The van der Waals surface area contributed by atoms with Crippen LogP contribution in [0.4, 0.5) is 0 Å². The van der Waals surface area contributed by atoms with Crippen LogP contribution in [0.1, 0.15) is 18.4 Å². The molecule has 3 heteroatoms. The van der Waals surface area contributed by atoms with Crippen LogP contribution in [-0.2, 0) is 0 Å². The van der Waals surface area contributed by atoms with E-state index in [1.807, 2.05) is 6.07 Å². The first-order valence-electron chi connectivity index (χ1n) is 4.19. The van der Waals surface area contributed by atoms with Gasteiger partial charge in [-0.15, -0.1) is 0 Å². The number of hydrogen-bond acceptors (Lipinski definition) is 3. The highest BCUT2D eigenvalue weighted by molar-refractivity contribution is 5.46. The van der Waals surface area contributed by atoms with E-state index in [0.29, 0.717) is 11.3 Å². The van der Waals surface area contributed by atoms with Crippen molar-refractivity contribution in [1.29, 1.82) is 5.26 Å². The van der Waals surface area contributed by atoms with Gasteiger partial charge in [-0.3, -0.25) is 0 Å². The molecule has 66 valence electrons. The molecule has 0 unspecified atom stereocenters. The lowest BCUT2D eigenvalue weighted by atomic mass is 10.2. The van der Waals surface area contributed by atoms with Crippen LogP contribution in [0.2, 0.25) is 0 Å². The number of phenolic OH excluding ortho intramolecular Hbond substituents is 1. The van der Waals surface area contributed by atoms with Crippen molar-refractivity contribution in [3.63, 3.8) is 0 Å². The molecular formula is C10H9NO2. The van der Waals surface area contributed by atoms with Gasteiger partial charge in [-0.05, 0) is 25.0 Å². The lowest BCUT2D eigenvalue weighted by Crippen LogP contribution is -1.96. The molecule has 1 N–H and O–H groups in total. The van der Waals surface area contributed by atoms with Crippen LogP contribution in [0, 0.1) is 11.3 Å². The Hall–Kier alpha value is -1.69. The number of rotatable bonds is 2. The quantitative estimate of drug-likeness (QED) is 0.745. The van der Waals surface area contributed by atoms with E-state index < -0.39 is 0 Å². The Morgan fingerprint density at radius 3 is 2.85 bits per heavy atom. The van der Waals surface area contributed by atoms with Crippen LogP contribution < -0.4 is 4.74 Å².